The maximum atomic E-state index is 6.17. The molecule has 0 spiro atoms. The fraction of sp³-hybridized carbons (Fsp3) is 0.263. The first kappa shape index (κ1) is 16.1. The third-order valence-corrected chi connectivity index (χ3v) is 4.06. The molecule has 0 amide bonds. The predicted octanol–water partition coefficient (Wildman–Crippen LogP) is 3.97. The highest BCUT2D eigenvalue weighted by atomic mass is 35.5. The zero-order valence-corrected chi connectivity index (χ0v) is 14.2. The van der Waals surface area contributed by atoms with E-state index in [0.29, 0.717) is 0 Å². The summed E-state index contributed by atoms with van der Waals surface area (Å²) < 4.78 is 6.08. The third-order valence-electron chi connectivity index (χ3n) is 3.83. The monoisotopic (exact) mass is 328 g/mol. The largest absolute Gasteiger partial charge is 0.457 e. The van der Waals surface area contributed by atoms with Gasteiger partial charge in [0.2, 0.25) is 0 Å². The number of ether oxygens (including phenoxy) is 1. The zero-order valence-electron chi connectivity index (χ0n) is 13.4. The van der Waals surface area contributed by atoms with Crippen molar-refractivity contribution in [3.8, 4) is 5.75 Å². The number of benzene rings is 2. The van der Waals surface area contributed by atoms with E-state index in [9.17, 15) is 0 Å². The third kappa shape index (κ3) is 3.94. The molecule has 0 saturated heterocycles. The second-order valence-electron chi connectivity index (χ2n) is 5.92. The Balaban J connectivity index is 1.89. The van der Waals surface area contributed by atoms with E-state index in [1.807, 2.05) is 36.4 Å². The number of hydrogen-bond acceptors (Lipinski definition) is 3. The minimum Gasteiger partial charge on any atom is -0.457 e. The molecule has 2 aromatic rings. The van der Waals surface area contributed by atoms with E-state index < -0.39 is 0 Å². The smallest absolute Gasteiger partial charge is 0.132 e. The van der Waals surface area contributed by atoms with Crippen molar-refractivity contribution in [2.45, 2.75) is 6.04 Å². The second kappa shape index (κ2) is 7.18. The van der Waals surface area contributed by atoms with E-state index in [0.717, 1.165) is 40.7 Å². The molecule has 0 bridgehead atoms. The molecule has 3 nitrogen and oxygen atoms in total. The maximum absolute atomic E-state index is 6.17. The van der Waals surface area contributed by atoms with Gasteiger partial charge in [0, 0.05) is 29.2 Å². The summed E-state index contributed by atoms with van der Waals surface area (Å²) in [5.74, 6) is 1.74. The van der Waals surface area contributed by atoms with Gasteiger partial charge in [0.15, 0.2) is 0 Å². The first-order valence-electron chi connectivity index (χ1n) is 7.76. The lowest BCUT2D eigenvalue weighted by Gasteiger charge is -2.26. The molecule has 1 atom stereocenters. The Hall–Kier alpha value is -1.81. The van der Waals surface area contributed by atoms with Gasteiger partial charge in [-0.25, -0.2) is 0 Å². The number of halogens is 1. The summed E-state index contributed by atoms with van der Waals surface area (Å²) >= 11 is 6.17. The molecule has 1 aliphatic rings. The van der Waals surface area contributed by atoms with Crippen molar-refractivity contribution in [3.05, 3.63) is 70.8 Å². The molecule has 0 fully saturated rings. The Labute approximate surface area is 142 Å². The van der Waals surface area contributed by atoms with Crippen molar-refractivity contribution in [3.63, 3.8) is 0 Å². The van der Waals surface area contributed by atoms with Crippen LogP contribution in [0.1, 0.15) is 17.2 Å². The summed E-state index contributed by atoms with van der Waals surface area (Å²) in [6.45, 7) is 1.87. The van der Waals surface area contributed by atoms with Gasteiger partial charge in [-0.15, -0.1) is 0 Å². The number of hydrogen-bond donors (Lipinski definition) is 1. The highest BCUT2D eigenvalue weighted by molar-refractivity contribution is 6.30. The van der Waals surface area contributed by atoms with Crippen LogP contribution < -0.4 is 10.1 Å². The molecule has 1 heterocycles. The molecule has 23 heavy (non-hydrogen) atoms. The summed E-state index contributed by atoms with van der Waals surface area (Å²) in [5.41, 5.74) is 2.16. The number of nitrogens with zero attached hydrogens (tertiary/aromatic N) is 1. The Morgan fingerprint density at radius 1 is 1.13 bits per heavy atom. The first-order valence-corrected chi connectivity index (χ1v) is 8.14. The highest BCUT2D eigenvalue weighted by Gasteiger charge is 2.22. The molecule has 1 unspecified atom stereocenters. The Bertz CT molecular complexity index is 698. The van der Waals surface area contributed by atoms with E-state index in [1.54, 1.807) is 0 Å². The molecule has 0 aromatic heterocycles. The molecule has 0 radical (unpaired) electrons. The number of nitrogens with one attached hydrogen (secondary N) is 1. The molecule has 4 heteroatoms. The standard InChI is InChI=1S/C19H21ClN2O/c1-22(2)11-10-21-17-13-19(14-6-4-3-5-7-14)23-18-9-8-15(20)12-16(17)18/h3-9,12-13,17,21H,10-11H2,1-2H3. The van der Waals surface area contributed by atoms with E-state index >= 15 is 0 Å². The van der Waals surface area contributed by atoms with Gasteiger partial charge < -0.3 is 15.0 Å². The SMILES string of the molecule is CN(C)CCNC1C=C(c2ccccc2)Oc2ccc(Cl)cc21. The van der Waals surface area contributed by atoms with Crippen LogP contribution in [0.3, 0.4) is 0 Å². The summed E-state index contributed by atoms with van der Waals surface area (Å²) in [6.07, 6.45) is 2.13. The Morgan fingerprint density at radius 3 is 2.65 bits per heavy atom. The predicted molar refractivity (Wildman–Crippen MR) is 95.8 cm³/mol. The Kier molecular flexibility index (Phi) is 5.01. The van der Waals surface area contributed by atoms with Crippen molar-refractivity contribution < 1.29 is 4.74 Å². The van der Waals surface area contributed by atoms with Crippen LogP contribution in [0.4, 0.5) is 0 Å². The van der Waals surface area contributed by atoms with Crippen LogP contribution >= 0.6 is 11.6 Å². The molecule has 1 aliphatic heterocycles. The quantitative estimate of drug-likeness (QED) is 0.899. The van der Waals surface area contributed by atoms with Crippen LogP contribution in [0.25, 0.3) is 5.76 Å². The van der Waals surface area contributed by atoms with E-state index in [-0.39, 0.29) is 6.04 Å². The summed E-state index contributed by atoms with van der Waals surface area (Å²) in [6, 6.07) is 16.0. The van der Waals surface area contributed by atoms with Crippen LogP contribution in [-0.2, 0) is 0 Å². The molecule has 0 aliphatic carbocycles. The molecular weight excluding hydrogens is 308 g/mol. The highest BCUT2D eigenvalue weighted by Crippen LogP contribution is 2.37. The maximum Gasteiger partial charge on any atom is 0.132 e. The van der Waals surface area contributed by atoms with Crippen LogP contribution in [0.5, 0.6) is 5.75 Å². The van der Waals surface area contributed by atoms with Crippen molar-refractivity contribution in [2.24, 2.45) is 0 Å². The molecule has 120 valence electrons. The number of fused-ring (bicyclic) bond motifs is 1. The number of rotatable bonds is 5. The lowest BCUT2D eigenvalue weighted by Crippen LogP contribution is -2.30. The average molecular weight is 329 g/mol. The summed E-state index contributed by atoms with van der Waals surface area (Å²) in [7, 11) is 4.14. The average Bonchev–Trinajstić information content (AvgIpc) is 2.55. The number of likely N-dealkylation sites (N-methyl/N-ethyl adjacent to an activating group) is 1. The molecule has 1 N–H and O–H groups in total. The molecular formula is C19H21ClN2O. The van der Waals surface area contributed by atoms with Crippen LogP contribution in [0.2, 0.25) is 5.02 Å². The topological polar surface area (TPSA) is 24.5 Å². The molecule has 3 rings (SSSR count). The zero-order chi connectivity index (χ0) is 16.2. The van der Waals surface area contributed by atoms with Gasteiger partial charge in [-0.3, -0.25) is 0 Å². The van der Waals surface area contributed by atoms with Gasteiger partial charge in [0.25, 0.3) is 0 Å². The van der Waals surface area contributed by atoms with Crippen molar-refractivity contribution in [1.29, 1.82) is 0 Å². The fourth-order valence-electron chi connectivity index (χ4n) is 2.62. The van der Waals surface area contributed by atoms with Gasteiger partial charge in [0.1, 0.15) is 11.5 Å². The summed E-state index contributed by atoms with van der Waals surface area (Å²) in [4.78, 5) is 2.16. The summed E-state index contributed by atoms with van der Waals surface area (Å²) in [5, 5.41) is 4.30. The van der Waals surface area contributed by atoms with Crippen molar-refractivity contribution in [2.75, 3.05) is 27.2 Å². The molecule has 0 saturated carbocycles. The first-order chi connectivity index (χ1) is 11.1. The lowest BCUT2D eigenvalue weighted by molar-refractivity contribution is 0.388. The van der Waals surface area contributed by atoms with Gasteiger partial charge in [-0.2, -0.15) is 0 Å². The van der Waals surface area contributed by atoms with E-state index in [4.69, 9.17) is 16.3 Å². The van der Waals surface area contributed by atoms with Crippen molar-refractivity contribution >= 4 is 17.4 Å². The van der Waals surface area contributed by atoms with Gasteiger partial charge in [-0.1, -0.05) is 41.9 Å². The Morgan fingerprint density at radius 2 is 1.91 bits per heavy atom. The minimum absolute atomic E-state index is 0.0904. The van der Waals surface area contributed by atoms with Crippen LogP contribution in [0.15, 0.2) is 54.6 Å². The van der Waals surface area contributed by atoms with Crippen molar-refractivity contribution in [1.82, 2.24) is 10.2 Å². The van der Waals surface area contributed by atoms with Crippen LogP contribution in [-0.4, -0.2) is 32.1 Å². The van der Waals surface area contributed by atoms with Crippen LogP contribution in [0, 0.1) is 0 Å². The minimum atomic E-state index is 0.0904. The molecule has 2 aromatic carbocycles. The van der Waals surface area contributed by atoms with Gasteiger partial charge in [-0.05, 0) is 38.4 Å². The lowest BCUT2D eigenvalue weighted by atomic mass is 10.00. The van der Waals surface area contributed by atoms with Gasteiger partial charge in [0.05, 0.1) is 6.04 Å². The van der Waals surface area contributed by atoms with Gasteiger partial charge >= 0.3 is 0 Å². The second-order valence-corrected chi connectivity index (χ2v) is 6.35. The van der Waals surface area contributed by atoms with E-state index in [2.05, 4.69) is 42.5 Å². The van der Waals surface area contributed by atoms with E-state index in [1.165, 1.54) is 0 Å². The fourth-order valence-corrected chi connectivity index (χ4v) is 2.80. The normalized spacial score (nSPS) is 16.7.